The van der Waals surface area contributed by atoms with Gasteiger partial charge >= 0.3 is 0 Å². The Hall–Kier alpha value is -1.15. The SMILES string of the molecule is CC(C)CCC(=O)C(C)(N)c1ccccc1. The van der Waals surface area contributed by atoms with Crippen LogP contribution >= 0.6 is 0 Å². The Balaban J connectivity index is 2.74. The van der Waals surface area contributed by atoms with Crippen molar-refractivity contribution in [2.75, 3.05) is 0 Å². The molecule has 0 heterocycles. The summed E-state index contributed by atoms with van der Waals surface area (Å²) in [5, 5.41) is 0. The quantitative estimate of drug-likeness (QED) is 0.827. The number of benzene rings is 1. The summed E-state index contributed by atoms with van der Waals surface area (Å²) in [7, 11) is 0. The number of nitrogens with two attached hydrogens (primary N) is 1. The molecule has 1 atom stereocenters. The number of carbonyl (C=O) groups is 1. The van der Waals surface area contributed by atoms with E-state index in [4.69, 9.17) is 5.73 Å². The van der Waals surface area contributed by atoms with Crippen molar-refractivity contribution in [2.24, 2.45) is 11.7 Å². The van der Waals surface area contributed by atoms with E-state index in [2.05, 4.69) is 13.8 Å². The maximum Gasteiger partial charge on any atom is 0.156 e. The van der Waals surface area contributed by atoms with Crippen molar-refractivity contribution < 1.29 is 4.79 Å². The molecule has 16 heavy (non-hydrogen) atoms. The summed E-state index contributed by atoms with van der Waals surface area (Å²) in [6.07, 6.45) is 1.46. The van der Waals surface area contributed by atoms with Gasteiger partial charge in [-0.1, -0.05) is 44.2 Å². The molecule has 0 aliphatic heterocycles. The van der Waals surface area contributed by atoms with Gasteiger partial charge in [-0.2, -0.15) is 0 Å². The first kappa shape index (κ1) is 12.9. The second-order valence-corrected chi connectivity index (χ2v) is 4.92. The first-order chi connectivity index (χ1) is 7.44. The van der Waals surface area contributed by atoms with Crippen LogP contribution in [-0.4, -0.2) is 5.78 Å². The fourth-order valence-electron chi connectivity index (χ4n) is 1.62. The standard InChI is InChI=1S/C14H21NO/c1-11(2)9-10-13(16)14(3,15)12-7-5-4-6-8-12/h4-8,11H,9-10,15H2,1-3H3. The number of hydrogen-bond donors (Lipinski definition) is 1. The second kappa shape index (κ2) is 5.26. The third-order valence-corrected chi connectivity index (χ3v) is 2.90. The van der Waals surface area contributed by atoms with E-state index in [-0.39, 0.29) is 5.78 Å². The van der Waals surface area contributed by atoms with E-state index in [1.54, 1.807) is 6.92 Å². The summed E-state index contributed by atoms with van der Waals surface area (Å²) < 4.78 is 0. The van der Waals surface area contributed by atoms with Gasteiger partial charge in [0.15, 0.2) is 5.78 Å². The molecule has 1 unspecified atom stereocenters. The number of rotatable bonds is 5. The van der Waals surface area contributed by atoms with Crippen LogP contribution in [0.5, 0.6) is 0 Å². The summed E-state index contributed by atoms with van der Waals surface area (Å²) in [5.41, 5.74) is 6.16. The fraction of sp³-hybridized carbons (Fsp3) is 0.500. The zero-order valence-corrected chi connectivity index (χ0v) is 10.4. The highest BCUT2D eigenvalue weighted by molar-refractivity contribution is 5.88. The van der Waals surface area contributed by atoms with Gasteiger partial charge in [-0.25, -0.2) is 0 Å². The zero-order chi connectivity index (χ0) is 12.2. The highest BCUT2D eigenvalue weighted by Gasteiger charge is 2.29. The Kier molecular flexibility index (Phi) is 4.25. The molecule has 0 radical (unpaired) electrons. The number of hydrogen-bond acceptors (Lipinski definition) is 2. The minimum Gasteiger partial charge on any atom is -0.315 e. The highest BCUT2D eigenvalue weighted by atomic mass is 16.1. The Bertz CT molecular complexity index is 341. The molecule has 0 aliphatic rings. The lowest BCUT2D eigenvalue weighted by Crippen LogP contribution is -2.41. The fourth-order valence-corrected chi connectivity index (χ4v) is 1.62. The first-order valence-corrected chi connectivity index (χ1v) is 5.82. The maximum absolute atomic E-state index is 12.0. The van der Waals surface area contributed by atoms with Crippen molar-refractivity contribution in [3.8, 4) is 0 Å². The van der Waals surface area contributed by atoms with Crippen molar-refractivity contribution in [1.29, 1.82) is 0 Å². The van der Waals surface area contributed by atoms with E-state index in [0.717, 1.165) is 12.0 Å². The molecule has 2 N–H and O–H groups in total. The van der Waals surface area contributed by atoms with Gasteiger partial charge in [0.2, 0.25) is 0 Å². The molecule has 1 rings (SSSR count). The smallest absolute Gasteiger partial charge is 0.156 e. The van der Waals surface area contributed by atoms with E-state index in [1.165, 1.54) is 0 Å². The molecule has 0 aliphatic carbocycles. The largest absolute Gasteiger partial charge is 0.315 e. The molecule has 0 saturated heterocycles. The van der Waals surface area contributed by atoms with E-state index < -0.39 is 5.54 Å². The summed E-state index contributed by atoms with van der Waals surface area (Å²) in [6.45, 7) is 6.03. The van der Waals surface area contributed by atoms with Gasteiger partial charge in [0.05, 0.1) is 5.54 Å². The normalized spacial score (nSPS) is 14.8. The van der Waals surface area contributed by atoms with Crippen molar-refractivity contribution in [3.63, 3.8) is 0 Å². The van der Waals surface area contributed by atoms with Crippen molar-refractivity contribution in [2.45, 2.75) is 39.2 Å². The van der Waals surface area contributed by atoms with Gasteiger partial charge in [-0.15, -0.1) is 0 Å². The van der Waals surface area contributed by atoms with Crippen LogP contribution in [0.4, 0.5) is 0 Å². The Morgan fingerprint density at radius 1 is 1.31 bits per heavy atom. The zero-order valence-electron chi connectivity index (χ0n) is 10.4. The van der Waals surface area contributed by atoms with Crippen LogP contribution in [0, 0.1) is 5.92 Å². The van der Waals surface area contributed by atoms with Gasteiger partial charge in [0.1, 0.15) is 0 Å². The monoisotopic (exact) mass is 219 g/mol. The number of Topliss-reactive ketones (excluding diaryl/α,β-unsaturated/α-hetero) is 1. The molecule has 2 nitrogen and oxygen atoms in total. The van der Waals surface area contributed by atoms with Crippen LogP contribution in [0.25, 0.3) is 0 Å². The van der Waals surface area contributed by atoms with Crippen LogP contribution in [-0.2, 0) is 10.3 Å². The van der Waals surface area contributed by atoms with E-state index in [0.29, 0.717) is 12.3 Å². The van der Waals surface area contributed by atoms with E-state index in [9.17, 15) is 4.79 Å². The third-order valence-electron chi connectivity index (χ3n) is 2.90. The Morgan fingerprint density at radius 2 is 1.88 bits per heavy atom. The lowest BCUT2D eigenvalue weighted by Gasteiger charge is -2.24. The van der Waals surface area contributed by atoms with Crippen LogP contribution in [0.15, 0.2) is 30.3 Å². The Labute approximate surface area is 97.9 Å². The van der Waals surface area contributed by atoms with Gasteiger partial charge in [0, 0.05) is 6.42 Å². The van der Waals surface area contributed by atoms with Gasteiger partial charge < -0.3 is 5.73 Å². The predicted molar refractivity (Wildman–Crippen MR) is 67.1 cm³/mol. The molecular formula is C14H21NO. The number of carbonyl (C=O) groups excluding carboxylic acids is 1. The molecule has 0 fully saturated rings. The third kappa shape index (κ3) is 3.17. The molecule has 0 aromatic heterocycles. The average molecular weight is 219 g/mol. The molecule has 0 spiro atoms. The van der Waals surface area contributed by atoms with Crippen molar-refractivity contribution in [1.82, 2.24) is 0 Å². The molecule has 2 heteroatoms. The van der Waals surface area contributed by atoms with Crippen LogP contribution < -0.4 is 5.73 Å². The van der Waals surface area contributed by atoms with Crippen LogP contribution in [0.3, 0.4) is 0 Å². The predicted octanol–water partition coefficient (Wildman–Crippen LogP) is 2.87. The van der Waals surface area contributed by atoms with Crippen molar-refractivity contribution >= 4 is 5.78 Å². The topological polar surface area (TPSA) is 43.1 Å². The van der Waals surface area contributed by atoms with Crippen LogP contribution in [0.1, 0.15) is 39.2 Å². The second-order valence-electron chi connectivity index (χ2n) is 4.92. The van der Waals surface area contributed by atoms with Gasteiger partial charge in [-0.3, -0.25) is 4.79 Å². The summed E-state index contributed by atoms with van der Waals surface area (Å²) in [6, 6.07) is 9.57. The van der Waals surface area contributed by atoms with Gasteiger partial charge in [0.25, 0.3) is 0 Å². The van der Waals surface area contributed by atoms with E-state index in [1.807, 2.05) is 30.3 Å². The molecule has 0 bridgehead atoms. The van der Waals surface area contributed by atoms with Crippen molar-refractivity contribution in [3.05, 3.63) is 35.9 Å². The molecule has 1 aromatic carbocycles. The molecule has 1 aromatic rings. The Morgan fingerprint density at radius 3 is 2.38 bits per heavy atom. The summed E-state index contributed by atoms with van der Waals surface area (Å²) >= 11 is 0. The first-order valence-electron chi connectivity index (χ1n) is 5.82. The van der Waals surface area contributed by atoms with E-state index >= 15 is 0 Å². The molecule has 0 saturated carbocycles. The maximum atomic E-state index is 12.0. The number of ketones is 1. The molecule has 88 valence electrons. The minimum atomic E-state index is -0.851. The average Bonchev–Trinajstić information content (AvgIpc) is 2.27. The van der Waals surface area contributed by atoms with Crippen LogP contribution in [0.2, 0.25) is 0 Å². The summed E-state index contributed by atoms with van der Waals surface area (Å²) in [4.78, 5) is 12.0. The molecular weight excluding hydrogens is 198 g/mol. The summed E-state index contributed by atoms with van der Waals surface area (Å²) in [5.74, 6) is 0.655. The lowest BCUT2D eigenvalue weighted by molar-refractivity contribution is -0.124. The van der Waals surface area contributed by atoms with Gasteiger partial charge in [-0.05, 0) is 24.8 Å². The molecule has 0 amide bonds. The highest BCUT2D eigenvalue weighted by Crippen LogP contribution is 2.21. The minimum absolute atomic E-state index is 0.118. The lowest BCUT2D eigenvalue weighted by atomic mass is 9.85.